The average Bonchev–Trinajstić information content (AvgIpc) is 3.38. The molecule has 0 saturated heterocycles. The van der Waals surface area contributed by atoms with E-state index in [0.29, 0.717) is 0 Å². The fourth-order valence-electron chi connectivity index (χ4n) is 4.23. The largest absolute Gasteiger partial charge is 4.00 e. The van der Waals surface area contributed by atoms with Crippen molar-refractivity contribution in [1.29, 1.82) is 0 Å². The van der Waals surface area contributed by atoms with E-state index in [1.807, 2.05) is 18.1 Å². The van der Waals surface area contributed by atoms with Gasteiger partial charge in [-0.25, -0.2) is 0 Å². The Morgan fingerprint density at radius 3 is 2.27 bits per heavy atom. The minimum atomic E-state index is -1.93. The van der Waals surface area contributed by atoms with Gasteiger partial charge in [0.05, 0.1) is 8.07 Å². The number of nitrogens with zero attached hydrogens (tertiary/aromatic N) is 4. The minimum Gasteiger partial charge on any atom is -0.510 e. The van der Waals surface area contributed by atoms with Crippen LogP contribution < -0.4 is 25.1 Å². The fraction of sp³-hybridized carbons (Fsp3) is 0.148. The molecule has 3 aromatic carbocycles. The van der Waals surface area contributed by atoms with Crippen LogP contribution in [0.2, 0.25) is 13.1 Å². The Balaban J connectivity index is 0.00000153. The van der Waals surface area contributed by atoms with Gasteiger partial charge in [0.2, 0.25) is 0 Å². The topological polar surface area (TPSA) is 13.0 Å². The van der Waals surface area contributed by atoms with Crippen molar-refractivity contribution in [3.05, 3.63) is 106 Å². The van der Waals surface area contributed by atoms with E-state index in [0.717, 1.165) is 5.69 Å². The summed E-state index contributed by atoms with van der Waals surface area (Å²) >= 11 is 0. The van der Waals surface area contributed by atoms with Crippen LogP contribution in [0.3, 0.4) is 0 Å². The maximum Gasteiger partial charge on any atom is 4.00 e. The molecule has 0 unspecified atom stereocenters. The van der Waals surface area contributed by atoms with Gasteiger partial charge >= 0.3 is 21.1 Å². The molecule has 0 saturated carbocycles. The summed E-state index contributed by atoms with van der Waals surface area (Å²) in [6.07, 6.45) is 4.12. The summed E-state index contributed by atoms with van der Waals surface area (Å²) in [5.74, 6) is 0. The van der Waals surface area contributed by atoms with Crippen molar-refractivity contribution in [3.8, 4) is 0 Å². The summed E-state index contributed by atoms with van der Waals surface area (Å²) in [6.45, 7) is 9.05. The third kappa shape index (κ3) is 4.62. The molecule has 0 N–H and O–H groups in total. The van der Waals surface area contributed by atoms with Crippen molar-refractivity contribution in [2.24, 2.45) is 0 Å². The van der Waals surface area contributed by atoms with E-state index in [-0.39, 0.29) is 28.5 Å². The van der Waals surface area contributed by atoms with Crippen molar-refractivity contribution in [2.75, 3.05) is 28.8 Å². The molecule has 0 spiro atoms. The van der Waals surface area contributed by atoms with E-state index in [4.69, 9.17) is 0 Å². The van der Waals surface area contributed by atoms with Crippen LogP contribution in [-0.2, 0) is 21.1 Å². The van der Waals surface area contributed by atoms with Gasteiger partial charge in [-0.05, 0) is 50.8 Å². The zero-order chi connectivity index (χ0) is 21.6. The van der Waals surface area contributed by atoms with Crippen LogP contribution in [0, 0.1) is 26.8 Å². The summed E-state index contributed by atoms with van der Waals surface area (Å²) in [7, 11) is 2.20. The third-order valence-electron chi connectivity index (χ3n) is 6.16. The third-order valence-corrected chi connectivity index (χ3v) is 9.55. The van der Waals surface area contributed by atoms with E-state index >= 15 is 0 Å². The van der Waals surface area contributed by atoms with Crippen LogP contribution in [0.25, 0.3) is 0 Å². The maximum absolute atomic E-state index is 3.71. The van der Waals surface area contributed by atoms with Crippen molar-refractivity contribution < 1.29 is 21.1 Å². The van der Waals surface area contributed by atoms with Gasteiger partial charge in [0.1, 0.15) is 0 Å². The van der Waals surface area contributed by atoms with Crippen molar-refractivity contribution in [1.82, 2.24) is 4.90 Å². The van der Waals surface area contributed by atoms with Gasteiger partial charge in [-0.3, -0.25) is 0 Å². The van der Waals surface area contributed by atoms with Crippen LogP contribution >= 0.6 is 0 Å². The second-order valence-corrected chi connectivity index (χ2v) is 13.1. The van der Waals surface area contributed by atoms with Crippen LogP contribution in [0.5, 0.6) is 0 Å². The molecule has 0 fully saturated rings. The van der Waals surface area contributed by atoms with E-state index in [1.54, 1.807) is 0 Å². The van der Waals surface area contributed by atoms with Gasteiger partial charge in [-0.2, -0.15) is 42.8 Å². The number of para-hydroxylation sites is 2. The number of benzene rings is 3. The number of anilines is 4. The molecule has 33 heavy (non-hydrogen) atoms. The van der Waals surface area contributed by atoms with Gasteiger partial charge in [-0.15, -0.1) is 5.69 Å². The summed E-state index contributed by atoms with van der Waals surface area (Å²) in [4.78, 5) is 8.63. The first-order valence-electron chi connectivity index (χ1n) is 10.6. The monoisotopic (exact) mass is 633 g/mol. The molecule has 0 radical (unpaired) electrons. The molecule has 5 rings (SSSR count). The van der Waals surface area contributed by atoms with E-state index in [1.165, 1.54) is 27.4 Å². The predicted molar refractivity (Wildman–Crippen MR) is 140 cm³/mol. The minimum absolute atomic E-state index is 0. The van der Waals surface area contributed by atoms with Gasteiger partial charge in [-0.1, -0.05) is 42.5 Å². The SMILES string of the molecule is CN1C=CN(c2[c-]c([Si](C)(C)c3cccc(N4[CH-]N(C)c5ccccc54)c3)ccc2)[CH-]1.[CH3-].[Pt+4]. The molecule has 4 nitrogen and oxygen atoms in total. The van der Waals surface area contributed by atoms with Crippen LogP contribution in [0.4, 0.5) is 22.7 Å². The summed E-state index contributed by atoms with van der Waals surface area (Å²) < 4.78 is 0. The Morgan fingerprint density at radius 2 is 1.55 bits per heavy atom. The number of rotatable bonds is 4. The normalized spacial score (nSPS) is 14.8. The smallest absolute Gasteiger partial charge is 0.510 e. The Kier molecular flexibility index (Phi) is 7.45. The Bertz CT molecular complexity index is 1150. The second kappa shape index (κ2) is 9.78. The van der Waals surface area contributed by atoms with Gasteiger partial charge in [0, 0.05) is 17.1 Å². The molecule has 2 aliphatic heterocycles. The molecular weight excluding hydrogens is 603 g/mol. The van der Waals surface area contributed by atoms with Gasteiger partial charge in [0.15, 0.2) is 0 Å². The van der Waals surface area contributed by atoms with Crippen molar-refractivity contribution >= 4 is 41.2 Å². The zero-order valence-corrected chi connectivity index (χ0v) is 23.0. The molecule has 0 atom stereocenters. The average molecular weight is 634 g/mol. The van der Waals surface area contributed by atoms with Gasteiger partial charge < -0.3 is 27.0 Å². The molecule has 3 aromatic rings. The first-order valence-corrected chi connectivity index (χ1v) is 13.6. The summed E-state index contributed by atoms with van der Waals surface area (Å²) in [5.41, 5.74) is 4.72. The number of hydrogen-bond acceptors (Lipinski definition) is 4. The standard InChI is InChI=1S/C26H27N4Si.CH3.Pt/c1-27-15-16-29(19-27)21-9-7-11-23(17-21)31(3,4)24-12-8-10-22(18-24)30-20-28(2)25-13-5-6-14-26(25)30;;/h5-16,18-20H,1-4H3;1H3;/q-3;-1;+4. The fourth-order valence-corrected chi connectivity index (χ4v) is 6.52. The van der Waals surface area contributed by atoms with Gasteiger partial charge in [0.25, 0.3) is 0 Å². The maximum atomic E-state index is 3.71. The number of hydrogen-bond donors (Lipinski definition) is 0. The Labute approximate surface area is 214 Å². The molecule has 172 valence electrons. The van der Waals surface area contributed by atoms with Crippen LogP contribution in [-0.4, -0.2) is 27.1 Å². The zero-order valence-electron chi connectivity index (χ0n) is 19.8. The first kappa shape index (κ1) is 25.1. The Hall–Kier alpha value is -2.49. The molecule has 6 heteroatoms. The number of fused-ring (bicyclic) bond motifs is 1. The van der Waals surface area contributed by atoms with E-state index in [9.17, 15) is 0 Å². The molecular formula is C27H30N4PtSi. The van der Waals surface area contributed by atoms with Crippen LogP contribution in [0.15, 0.2) is 79.1 Å². The van der Waals surface area contributed by atoms with Crippen LogP contribution in [0.1, 0.15) is 0 Å². The quantitative estimate of drug-likeness (QED) is 0.302. The van der Waals surface area contributed by atoms with Crippen molar-refractivity contribution in [2.45, 2.75) is 13.1 Å². The predicted octanol–water partition coefficient (Wildman–Crippen LogP) is 4.81. The molecule has 0 bridgehead atoms. The molecule has 0 aliphatic carbocycles. The molecule has 0 amide bonds. The van der Waals surface area contributed by atoms with E-state index < -0.39 is 8.07 Å². The molecule has 0 aromatic heterocycles. The molecule has 2 aliphatic rings. The summed E-state index contributed by atoms with van der Waals surface area (Å²) in [5, 5.41) is 2.71. The Morgan fingerprint density at radius 1 is 0.818 bits per heavy atom. The van der Waals surface area contributed by atoms with Crippen molar-refractivity contribution in [3.63, 3.8) is 0 Å². The van der Waals surface area contributed by atoms with E-state index in [2.05, 4.69) is 127 Å². The first-order chi connectivity index (χ1) is 14.9. The molecule has 2 heterocycles. The second-order valence-electron chi connectivity index (χ2n) is 8.70. The summed E-state index contributed by atoms with van der Waals surface area (Å²) in [6, 6.07) is 27.8.